The van der Waals surface area contributed by atoms with Crippen molar-refractivity contribution in [3.63, 3.8) is 0 Å². The zero-order valence-corrected chi connectivity index (χ0v) is 12.7. The van der Waals surface area contributed by atoms with E-state index in [4.69, 9.17) is 10.5 Å². The molecule has 1 aromatic carbocycles. The number of nitrogens with two attached hydrogens (primary N) is 1. The van der Waals surface area contributed by atoms with Crippen molar-refractivity contribution in [2.24, 2.45) is 5.73 Å². The topological polar surface area (TPSA) is 53.1 Å². The highest BCUT2D eigenvalue weighted by Gasteiger charge is 2.06. The normalized spacial score (nSPS) is 11.0. The van der Waals surface area contributed by atoms with Gasteiger partial charge in [0.15, 0.2) is 0 Å². The van der Waals surface area contributed by atoms with Gasteiger partial charge in [-0.15, -0.1) is 0 Å². The van der Waals surface area contributed by atoms with Crippen LogP contribution in [0.3, 0.4) is 0 Å². The van der Waals surface area contributed by atoms with Crippen molar-refractivity contribution in [3.05, 3.63) is 46.2 Å². The summed E-state index contributed by atoms with van der Waals surface area (Å²) < 4.78 is 8.71. The Kier molecular flexibility index (Phi) is 4.61. The predicted molar refractivity (Wildman–Crippen MR) is 79.0 cm³/mol. The van der Waals surface area contributed by atoms with E-state index in [1.165, 1.54) is 0 Å². The van der Waals surface area contributed by atoms with E-state index in [0.717, 1.165) is 21.5 Å². The Morgan fingerprint density at radius 3 is 2.79 bits per heavy atom. The maximum Gasteiger partial charge on any atom is 0.132 e. The molecule has 1 heterocycles. The second kappa shape index (κ2) is 6.21. The summed E-state index contributed by atoms with van der Waals surface area (Å²) in [4.78, 5) is 0. The van der Waals surface area contributed by atoms with E-state index < -0.39 is 0 Å². The van der Waals surface area contributed by atoms with E-state index in [1.54, 1.807) is 0 Å². The Morgan fingerprint density at radius 1 is 1.37 bits per heavy atom. The summed E-state index contributed by atoms with van der Waals surface area (Å²) in [5.74, 6) is 0.810. The molecule has 0 unspecified atom stereocenters. The molecule has 0 bridgehead atoms. The molecule has 0 fully saturated rings. The van der Waals surface area contributed by atoms with E-state index >= 15 is 0 Å². The van der Waals surface area contributed by atoms with Crippen LogP contribution in [0.1, 0.15) is 31.1 Å². The number of nitrogens with zero attached hydrogens (tertiary/aromatic N) is 2. The third-order valence-electron chi connectivity index (χ3n) is 2.81. The highest BCUT2D eigenvalue weighted by atomic mass is 79.9. The lowest BCUT2D eigenvalue weighted by Gasteiger charge is -2.10. The fraction of sp³-hybridized carbons (Fsp3) is 0.357. The van der Waals surface area contributed by atoms with E-state index in [9.17, 15) is 0 Å². The second-order valence-corrected chi connectivity index (χ2v) is 5.54. The van der Waals surface area contributed by atoms with Crippen molar-refractivity contribution in [2.75, 3.05) is 0 Å². The summed E-state index contributed by atoms with van der Waals surface area (Å²) in [6.45, 7) is 5.10. The highest BCUT2D eigenvalue weighted by Crippen LogP contribution is 2.23. The molecule has 0 saturated carbocycles. The molecule has 0 radical (unpaired) electrons. The van der Waals surface area contributed by atoms with Crippen LogP contribution in [0.4, 0.5) is 0 Å². The van der Waals surface area contributed by atoms with E-state index in [1.807, 2.05) is 35.1 Å². The molecule has 0 saturated heterocycles. The molecular formula is C14H18BrN3O. The Bertz CT molecular complexity index is 551. The Balaban J connectivity index is 2.05. The number of hydrogen-bond acceptors (Lipinski definition) is 3. The van der Waals surface area contributed by atoms with Crippen molar-refractivity contribution in [2.45, 2.75) is 33.0 Å². The number of benzene rings is 1. The Morgan fingerprint density at radius 2 is 2.16 bits per heavy atom. The Hall–Kier alpha value is -1.33. The van der Waals surface area contributed by atoms with Gasteiger partial charge in [0.25, 0.3) is 0 Å². The molecule has 5 heteroatoms. The van der Waals surface area contributed by atoms with Crippen molar-refractivity contribution in [1.29, 1.82) is 0 Å². The van der Waals surface area contributed by atoms with Gasteiger partial charge < -0.3 is 10.5 Å². The van der Waals surface area contributed by atoms with Crippen LogP contribution in [0.2, 0.25) is 0 Å². The molecule has 2 aromatic rings. The van der Waals surface area contributed by atoms with E-state index in [0.29, 0.717) is 19.2 Å². The molecule has 0 aliphatic carbocycles. The summed E-state index contributed by atoms with van der Waals surface area (Å²) in [6.07, 6.45) is 1.97. The van der Waals surface area contributed by atoms with Crippen LogP contribution >= 0.6 is 15.9 Å². The van der Waals surface area contributed by atoms with Crippen molar-refractivity contribution >= 4 is 15.9 Å². The van der Waals surface area contributed by atoms with Crippen molar-refractivity contribution in [3.8, 4) is 5.75 Å². The molecule has 1 aromatic heterocycles. The van der Waals surface area contributed by atoms with Crippen molar-refractivity contribution in [1.82, 2.24) is 9.78 Å². The number of hydrogen-bond donors (Lipinski definition) is 1. The molecule has 0 spiro atoms. The lowest BCUT2D eigenvalue weighted by atomic mass is 10.2. The van der Waals surface area contributed by atoms with Gasteiger partial charge in [-0.05, 0) is 38.1 Å². The number of rotatable bonds is 5. The molecule has 0 aliphatic rings. The van der Waals surface area contributed by atoms with Crippen LogP contribution in [0.25, 0.3) is 0 Å². The fourth-order valence-corrected chi connectivity index (χ4v) is 2.15. The first-order chi connectivity index (χ1) is 9.10. The van der Waals surface area contributed by atoms with Gasteiger partial charge >= 0.3 is 0 Å². The number of aromatic nitrogens is 2. The standard InChI is InChI=1S/C14H18BrN3O/c1-10(2)18-6-5-13(17-18)9-19-14-4-3-12(15)7-11(14)8-16/h3-7,10H,8-9,16H2,1-2H3. The lowest BCUT2D eigenvalue weighted by Crippen LogP contribution is -2.05. The highest BCUT2D eigenvalue weighted by molar-refractivity contribution is 9.10. The second-order valence-electron chi connectivity index (χ2n) is 4.63. The number of halogens is 1. The van der Waals surface area contributed by atoms with Crippen LogP contribution in [-0.2, 0) is 13.2 Å². The molecule has 0 amide bonds. The van der Waals surface area contributed by atoms with Gasteiger partial charge in [0.1, 0.15) is 12.4 Å². The minimum absolute atomic E-state index is 0.362. The fourth-order valence-electron chi connectivity index (χ4n) is 1.74. The molecule has 2 N–H and O–H groups in total. The molecule has 0 atom stereocenters. The summed E-state index contributed by atoms with van der Waals surface area (Å²) in [5, 5.41) is 4.45. The van der Waals surface area contributed by atoms with Gasteiger partial charge in [-0.25, -0.2) is 0 Å². The molecule has 102 valence electrons. The summed E-state index contributed by atoms with van der Waals surface area (Å²) in [5.41, 5.74) is 7.61. The molecule has 2 rings (SSSR count). The summed E-state index contributed by atoms with van der Waals surface area (Å²) >= 11 is 3.43. The van der Waals surface area contributed by atoms with Crippen LogP contribution in [0.5, 0.6) is 5.75 Å². The zero-order valence-electron chi connectivity index (χ0n) is 11.1. The average Bonchev–Trinajstić information content (AvgIpc) is 2.86. The zero-order chi connectivity index (χ0) is 13.8. The summed E-state index contributed by atoms with van der Waals surface area (Å²) in [7, 11) is 0. The largest absolute Gasteiger partial charge is 0.487 e. The maximum absolute atomic E-state index is 5.79. The van der Waals surface area contributed by atoms with Gasteiger partial charge in [0, 0.05) is 28.8 Å². The smallest absolute Gasteiger partial charge is 0.132 e. The van der Waals surface area contributed by atoms with Crippen LogP contribution < -0.4 is 10.5 Å². The SMILES string of the molecule is CC(C)n1ccc(COc2ccc(Br)cc2CN)n1. The first-order valence-corrected chi connectivity index (χ1v) is 7.04. The first kappa shape index (κ1) is 14.1. The average molecular weight is 324 g/mol. The minimum atomic E-state index is 0.362. The Labute approximate surface area is 121 Å². The van der Waals surface area contributed by atoms with Crippen molar-refractivity contribution < 1.29 is 4.74 Å². The maximum atomic E-state index is 5.79. The predicted octanol–water partition coefficient (Wildman–Crippen LogP) is 3.26. The van der Waals surface area contributed by atoms with Gasteiger partial charge in [-0.3, -0.25) is 4.68 Å². The molecule has 0 aliphatic heterocycles. The monoisotopic (exact) mass is 323 g/mol. The van der Waals surface area contributed by atoms with Crippen LogP contribution in [0, 0.1) is 0 Å². The lowest BCUT2D eigenvalue weighted by molar-refractivity contribution is 0.295. The van der Waals surface area contributed by atoms with E-state index in [-0.39, 0.29) is 0 Å². The molecule has 4 nitrogen and oxygen atoms in total. The molecule has 19 heavy (non-hydrogen) atoms. The quantitative estimate of drug-likeness (QED) is 0.918. The molecular weight excluding hydrogens is 306 g/mol. The minimum Gasteiger partial charge on any atom is -0.487 e. The van der Waals surface area contributed by atoms with Gasteiger partial charge in [-0.1, -0.05) is 15.9 Å². The van der Waals surface area contributed by atoms with Crippen LogP contribution in [-0.4, -0.2) is 9.78 Å². The van der Waals surface area contributed by atoms with Gasteiger partial charge in [0.2, 0.25) is 0 Å². The summed E-state index contributed by atoms with van der Waals surface area (Å²) in [6, 6.07) is 8.18. The van der Waals surface area contributed by atoms with Gasteiger partial charge in [-0.2, -0.15) is 5.10 Å². The van der Waals surface area contributed by atoms with E-state index in [2.05, 4.69) is 34.9 Å². The number of ether oxygens (including phenoxy) is 1. The van der Waals surface area contributed by atoms with Gasteiger partial charge in [0.05, 0.1) is 5.69 Å². The first-order valence-electron chi connectivity index (χ1n) is 6.25. The third kappa shape index (κ3) is 3.58. The van der Waals surface area contributed by atoms with Crippen LogP contribution in [0.15, 0.2) is 34.9 Å². The third-order valence-corrected chi connectivity index (χ3v) is 3.30.